The van der Waals surface area contributed by atoms with Crippen LogP contribution in [0.4, 0.5) is 0 Å². The van der Waals surface area contributed by atoms with Crippen molar-refractivity contribution in [1.82, 2.24) is 20.4 Å². The van der Waals surface area contributed by atoms with Gasteiger partial charge in [-0.1, -0.05) is 11.8 Å². The number of hydrogen-bond acceptors (Lipinski definition) is 6. The largest absolute Gasteiger partial charge is 0.290 e. The number of nitrogens with zero attached hydrogens (tertiary/aromatic N) is 3. The minimum atomic E-state index is -0.353. The van der Waals surface area contributed by atoms with Crippen molar-refractivity contribution in [1.29, 1.82) is 0 Å². The summed E-state index contributed by atoms with van der Waals surface area (Å²) in [6.07, 6.45) is 5.04. The van der Waals surface area contributed by atoms with E-state index in [1.54, 1.807) is 24.5 Å². The molecule has 3 N–H and O–H groups in total. The molecule has 0 unspecified atom stereocenters. The molecule has 0 aliphatic carbocycles. The SMILES string of the molecule is Cc1cnc(SCc2ccc(C(=O)NN)cn2)nc1. The van der Waals surface area contributed by atoms with Crippen LogP contribution in [0.15, 0.2) is 35.9 Å². The van der Waals surface area contributed by atoms with Gasteiger partial charge in [0.2, 0.25) is 0 Å². The Hall–Kier alpha value is -1.99. The first-order valence-electron chi connectivity index (χ1n) is 5.56. The van der Waals surface area contributed by atoms with Gasteiger partial charge in [0.1, 0.15) is 0 Å². The maximum absolute atomic E-state index is 11.2. The lowest BCUT2D eigenvalue weighted by atomic mass is 10.2. The van der Waals surface area contributed by atoms with E-state index in [0.717, 1.165) is 11.3 Å². The quantitative estimate of drug-likeness (QED) is 0.285. The molecule has 2 rings (SSSR count). The number of rotatable bonds is 4. The molecule has 0 aliphatic rings. The lowest BCUT2D eigenvalue weighted by Gasteiger charge is -2.02. The molecule has 2 aromatic heterocycles. The van der Waals surface area contributed by atoms with Crippen molar-refractivity contribution >= 4 is 17.7 Å². The van der Waals surface area contributed by atoms with E-state index in [4.69, 9.17) is 5.84 Å². The number of pyridine rings is 1. The van der Waals surface area contributed by atoms with E-state index in [-0.39, 0.29) is 5.91 Å². The number of nitrogens with two attached hydrogens (primary N) is 1. The monoisotopic (exact) mass is 275 g/mol. The number of aryl methyl sites for hydroxylation is 1. The van der Waals surface area contributed by atoms with E-state index in [1.807, 2.05) is 6.92 Å². The van der Waals surface area contributed by atoms with Gasteiger partial charge in [0.15, 0.2) is 5.16 Å². The van der Waals surface area contributed by atoms with Crippen LogP contribution in [0.5, 0.6) is 0 Å². The van der Waals surface area contributed by atoms with E-state index in [2.05, 4.69) is 20.4 Å². The maximum Gasteiger partial charge on any atom is 0.266 e. The predicted molar refractivity (Wildman–Crippen MR) is 72.2 cm³/mol. The van der Waals surface area contributed by atoms with Crippen LogP contribution in [-0.4, -0.2) is 20.9 Å². The number of nitrogens with one attached hydrogen (secondary N) is 1. The van der Waals surface area contributed by atoms with Crippen molar-refractivity contribution in [3.63, 3.8) is 0 Å². The van der Waals surface area contributed by atoms with Crippen LogP contribution >= 0.6 is 11.8 Å². The van der Waals surface area contributed by atoms with Crippen molar-refractivity contribution < 1.29 is 4.79 Å². The van der Waals surface area contributed by atoms with Crippen molar-refractivity contribution in [2.75, 3.05) is 0 Å². The fourth-order valence-corrected chi connectivity index (χ4v) is 2.02. The molecule has 0 aromatic carbocycles. The highest BCUT2D eigenvalue weighted by Gasteiger charge is 2.04. The fraction of sp³-hybridized carbons (Fsp3) is 0.167. The number of aromatic nitrogens is 3. The van der Waals surface area contributed by atoms with Gasteiger partial charge in [0, 0.05) is 24.3 Å². The van der Waals surface area contributed by atoms with Crippen LogP contribution in [-0.2, 0) is 5.75 Å². The average Bonchev–Trinajstić information content (AvgIpc) is 2.46. The first-order chi connectivity index (χ1) is 9.19. The Morgan fingerprint density at radius 3 is 2.58 bits per heavy atom. The molecular formula is C12H13N5OS. The molecule has 0 fully saturated rings. The topological polar surface area (TPSA) is 93.8 Å². The smallest absolute Gasteiger partial charge is 0.266 e. The summed E-state index contributed by atoms with van der Waals surface area (Å²) in [6.45, 7) is 1.94. The second-order valence-corrected chi connectivity index (χ2v) is 4.79. The van der Waals surface area contributed by atoms with E-state index in [0.29, 0.717) is 16.5 Å². The van der Waals surface area contributed by atoms with Gasteiger partial charge >= 0.3 is 0 Å². The molecule has 0 radical (unpaired) electrons. The van der Waals surface area contributed by atoms with Crippen LogP contribution in [0, 0.1) is 6.92 Å². The Morgan fingerprint density at radius 1 is 1.26 bits per heavy atom. The Labute approximate surface area is 114 Å². The van der Waals surface area contributed by atoms with Crippen molar-refractivity contribution in [3.8, 4) is 0 Å². The molecular weight excluding hydrogens is 262 g/mol. The number of hydrazine groups is 1. The molecule has 19 heavy (non-hydrogen) atoms. The fourth-order valence-electron chi connectivity index (χ4n) is 1.32. The van der Waals surface area contributed by atoms with E-state index in [9.17, 15) is 4.79 Å². The lowest BCUT2D eigenvalue weighted by molar-refractivity contribution is 0.0953. The van der Waals surface area contributed by atoms with Crippen LogP contribution in [0.2, 0.25) is 0 Å². The molecule has 7 heteroatoms. The summed E-state index contributed by atoms with van der Waals surface area (Å²) in [7, 11) is 0. The third-order valence-corrected chi connectivity index (χ3v) is 3.23. The summed E-state index contributed by atoms with van der Waals surface area (Å²) >= 11 is 1.49. The Balaban J connectivity index is 1.96. The number of carbonyl (C=O) groups excluding carboxylic acids is 1. The first kappa shape index (κ1) is 13.4. The summed E-state index contributed by atoms with van der Waals surface area (Å²) in [6, 6.07) is 3.47. The minimum absolute atomic E-state index is 0.353. The minimum Gasteiger partial charge on any atom is -0.290 e. The molecule has 1 amide bonds. The second-order valence-electron chi connectivity index (χ2n) is 3.84. The Bertz CT molecular complexity index is 555. The van der Waals surface area contributed by atoms with Gasteiger partial charge in [-0.3, -0.25) is 15.2 Å². The van der Waals surface area contributed by atoms with Gasteiger partial charge in [-0.15, -0.1) is 0 Å². The van der Waals surface area contributed by atoms with Gasteiger partial charge in [0.05, 0.1) is 11.3 Å². The van der Waals surface area contributed by atoms with Gasteiger partial charge in [0.25, 0.3) is 5.91 Å². The standard InChI is InChI=1S/C12H13N5OS/c1-8-4-15-12(16-5-8)19-7-10-3-2-9(6-14-10)11(18)17-13/h2-6H,7,13H2,1H3,(H,17,18). The van der Waals surface area contributed by atoms with Gasteiger partial charge < -0.3 is 0 Å². The molecule has 0 spiro atoms. The third kappa shape index (κ3) is 3.73. The number of thioether (sulfide) groups is 1. The second kappa shape index (κ2) is 6.26. The number of nitrogen functional groups attached to an aromatic ring is 1. The highest BCUT2D eigenvalue weighted by Crippen LogP contribution is 2.17. The van der Waals surface area contributed by atoms with E-state index < -0.39 is 0 Å². The molecule has 0 atom stereocenters. The molecule has 6 nitrogen and oxygen atoms in total. The number of hydrogen-bond donors (Lipinski definition) is 2. The number of carbonyl (C=O) groups is 1. The molecule has 2 heterocycles. The molecule has 0 saturated heterocycles. The molecule has 98 valence electrons. The molecule has 0 bridgehead atoms. The van der Waals surface area contributed by atoms with E-state index in [1.165, 1.54) is 18.0 Å². The van der Waals surface area contributed by atoms with Crippen molar-refractivity contribution in [3.05, 3.63) is 47.5 Å². The first-order valence-corrected chi connectivity index (χ1v) is 6.55. The van der Waals surface area contributed by atoms with Crippen molar-refractivity contribution in [2.45, 2.75) is 17.8 Å². The van der Waals surface area contributed by atoms with E-state index >= 15 is 0 Å². The summed E-state index contributed by atoms with van der Waals surface area (Å²) in [5.74, 6) is 5.33. The zero-order valence-electron chi connectivity index (χ0n) is 10.3. The molecule has 2 aromatic rings. The molecule has 0 saturated carbocycles. The highest BCUT2D eigenvalue weighted by atomic mass is 32.2. The van der Waals surface area contributed by atoms with Crippen LogP contribution in [0.1, 0.15) is 21.6 Å². The third-order valence-electron chi connectivity index (χ3n) is 2.32. The zero-order valence-corrected chi connectivity index (χ0v) is 11.1. The average molecular weight is 275 g/mol. The Morgan fingerprint density at radius 2 is 2.00 bits per heavy atom. The van der Waals surface area contributed by atoms with Crippen LogP contribution in [0.25, 0.3) is 0 Å². The van der Waals surface area contributed by atoms with Crippen LogP contribution < -0.4 is 11.3 Å². The zero-order chi connectivity index (χ0) is 13.7. The number of amides is 1. The van der Waals surface area contributed by atoms with Gasteiger partial charge in [-0.05, 0) is 24.6 Å². The predicted octanol–water partition coefficient (Wildman–Crippen LogP) is 1.08. The summed E-state index contributed by atoms with van der Waals surface area (Å²) in [5, 5.41) is 0.705. The summed E-state index contributed by atoms with van der Waals surface area (Å²) < 4.78 is 0. The lowest BCUT2D eigenvalue weighted by Crippen LogP contribution is -2.30. The van der Waals surface area contributed by atoms with Crippen molar-refractivity contribution in [2.24, 2.45) is 5.84 Å². The van der Waals surface area contributed by atoms with Crippen LogP contribution in [0.3, 0.4) is 0 Å². The van der Waals surface area contributed by atoms with Gasteiger partial charge in [-0.2, -0.15) is 0 Å². The Kier molecular flexibility index (Phi) is 4.43. The van der Waals surface area contributed by atoms with Gasteiger partial charge in [-0.25, -0.2) is 15.8 Å². The summed E-state index contributed by atoms with van der Waals surface area (Å²) in [4.78, 5) is 23.8. The maximum atomic E-state index is 11.2. The highest BCUT2D eigenvalue weighted by molar-refractivity contribution is 7.98. The summed E-state index contributed by atoms with van der Waals surface area (Å²) in [5.41, 5.74) is 4.37. The molecule has 0 aliphatic heterocycles. The normalized spacial score (nSPS) is 10.2.